The van der Waals surface area contributed by atoms with Gasteiger partial charge in [0.15, 0.2) is 0 Å². The molecule has 1 N–H and O–H groups in total. The van der Waals surface area contributed by atoms with Crippen molar-refractivity contribution >= 4 is 16.7 Å². The molecule has 0 heterocycles. The molecule has 110 valence electrons. The van der Waals surface area contributed by atoms with Crippen LogP contribution < -0.4 is 4.74 Å². The lowest BCUT2D eigenvalue weighted by atomic mass is 9.76. The number of rotatable bonds is 3. The molecule has 2 aromatic carbocycles. The van der Waals surface area contributed by atoms with Gasteiger partial charge in [0.2, 0.25) is 0 Å². The number of fused-ring (bicyclic) bond motifs is 1. The van der Waals surface area contributed by atoms with Gasteiger partial charge >= 0.3 is 5.97 Å². The van der Waals surface area contributed by atoms with Gasteiger partial charge in [-0.05, 0) is 54.2 Å². The minimum Gasteiger partial charge on any atom is -0.497 e. The Bertz CT molecular complexity index is 692. The van der Waals surface area contributed by atoms with Gasteiger partial charge in [-0.3, -0.25) is 4.79 Å². The molecule has 0 amide bonds. The normalized spacial score (nSPS) is 25.1. The maximum Gasteiger partial charge on any atom is 0.309 e. The van der Waals surface area contributed by atoms with Crippen LogP contribution >= 0.6 is 0 Å². The largest absolute Gasteiger partial charge is 0.497 e. The van der Waals surface area contributed by atoms with Gasteiger partial charge in [0.05, 0.1) is 12.5 Å². The quantitative estimate of drug-likeness (QED) is 0.918. The Labute approximate surface area is 124 Å². The van der Waals surface area contributed by atoms with Gasteiger partial charge < -0.3 is 9.84 Å². The Kier molecular flexibility index (Phi) is 3.36. The first-order chi connectivity index (χ1) is 10.0. The Morgan fingerprint density at radius 1 is 1.24 bits per heavy atom. The van der Waals surface area contributed by atoms with Crippen LogP contribution in [-0.4, -0.2) is 18.2 Å². The fraction of sp³-hybridized carbons (Fsp3) is 0.389. The van der Waals surface area contributed by atoms with Crippen LogP contribution in [0.2, 0.25) is 0 Å². The summed E-state index contributed by atoms with van der Waals surface area (Å²) in [6, 6.07) is 12.2. The molecule has 1 aliphatic rings. The molecule has 0 radical (unpaired) electrons. The first kappa shape index (κ1) is 13.9. The minimum atomic E-state index is -0.681. The molecule has 0 unspecified atom stereocenters. The van der Waals surface area contributed by atoms with Gasteiger partial charge in [-0.25, -0.2) is 0 Å². The van der Waals surface area contributed by atoms with Crippen LogP contribution in [0.5, 0.6) is 5.75 Å². The van der Waals surface area contributed by atoms with Gasteiger partial charge in [-0.2, -0.15) is 0 Å². The highest BCUT2D eigenvalue weighted by molar-refractivity contribution is 5.85. The molecule has 0 spiro atoms. The Morgan fingerprint density at radius 3 is 2.67 bits per heavy atom. The summed E-state index contributed by atoms with van der Waals surface area (Å²) in [5, 5.41) is 11.8. The molecule has 3 rings (SSSR count). The summed E-state index contributed by atoms with van der Waals surface area (Å²) in [4.78, 5) is 11.6. The Hall–Kier alpha value is -2.03. The van der Waals surface area contributed by atoms with E-state index in [0.717, 1.165) is 41.3 Å². The van der Waals surface area contributed by atoms with E-state index in [4.69, 9.17) is 4.74 Å². The predicted octanol–water partition coefficient (Wildman–Crippen LogP) is 4.21. The van der Waals surface area contributed by atoms with Gasteiger partial charge in [0.1, 0.15) is 5.75 Å². The monoisotopic (exact) mass is 284 g/mol. The highest BCUT2D eigenvalue weighted by Gasteiger charge is 2.45. The van der Waals surface area contributed by atoms with Crippen molar-refractivity contribution in [1.82, 2.24) is 0 Å². The molecule has 2 atom stereocenters. The fourth-order valence-electron chi connectivity index (χ4n) is 3.54. The summed E-state index contributed by atoms with van der Waals surface area (Å²) in [6.45, 7) is 1.88. The number of carboxylic acid groups (broad SMARTS) is 1. The summed E-state index contributed by atoms with van der Waals surface area (Å²) in [7, 11) is 1.66. The van der Waals surface area contributed by atoms with Gasteiger partial charge in [0, 0.05) is 0 Å². The SMILES string of the molecule is COc1ccc2cc([C@@H]3CCC[C@]3(C)C(=O)O)ccc2c1. The summed E-state index contributed by atoms with van der Waals surface area (Å²) < 4.78 is 5.24. The number of aliphatic carboxylic acids is 1. The molecule has 0 saturated heterocycles. The number of benzene rings is 2. The zero-order chi connectivity index (χ0) is 15.0. The summed E-state index contributed by atoms with van der Waals surface area (Å²) >= 11 is 0. The zero-order valence-corrected chi connectivity index (χ0v) is 12.4. The molecule has 0 bridgehead atoms. The highest BCUT2D eigenvalue weighted by Crippen LogP contribution is 2.49. The maximum absolute atomic E-state index is 11.6. The van der Waals surface area contributed by atoms with Crippen molar-refractivity contribution in [3.05, 3.63) is 42.0 Å². The summed E-state index contributed by atoms with van der Waals surface area (Å²) in [5.41, 5.74) is 0.496. The molecule has 0 aliphatic heterocycles. The third-order valence-electron chi connectivity index (χ3n) is 4.92. The van der Waals surface area contributed by atoms with Crippen molar-refractivity contribution in [2.24, 2.45) is 5.41 Å². The number of methoxy groups -OCH3 is 1. The average Bonchev–Trinajstić information content (AvgIpc) is 2.89. The number of hydrogen-bond acceptors (Lipinski definition) is 2. The summed E-state index contributed by atoms with van der Waals surface area (Å²) in [6.07, 6.45) is 2.69. The lowest BCUT2D eigenvalue weighted by Gasteiger charge is -2.27. The van der Waals surface area contributed by atoms with Gasteiger partial charge in [-0.15, -0.1) is 0 Å². The molecular weight excluding hydrogens is 264 g/mol. The van der Waals surface area contributed by atoms with E-state index in [2.05, 4.69) is 18.2 Å². The second-order valence-corrected chi connectivity index (χ2v) is 6.14. The highest BCUT2D eigenvalue weighted by atomic mass is 16.5. The van der Waals surface area contributed by atoms with Crippen LogP contribution in [-0.2, 0) is 4.79 Å². The van der Waals surface area contributed by atoms with Crippen LogP contribution in [0.25, 0.3) is 10.8 Å². The van der Waals surface area contributed by atoms with Crippen LogP contribution in [0.1, 0.15) is 37.7 Å². The van der Waals surface area contributed by atoms with Crippen LogP contribution in [0.3, 0.4) is 0 Å². The molecular formula is C18H20O3. The van der Waals surface area contributed by atoms with E-state index in [0.29, 0.717) is 0 Å². The second kappa shape index (κ2) is 5.06. The van der Waals surface area contributed by atoms with Crippen molar-refractivity contribution in [3.8, 4) is 5.75 Å². The maximum atomic E-state index is 11.6. The Morgan fingerprint density at radius 2 is 1.95 bits per heavy atom. The van der Waals surface area contributed by atoms with E-state index >= 15 is 0 Å². The van der Waals surface area contributed by atoms with Gasteiger partial charge in [-0.1, -0.05) is 30.7 Å². The summed E-state index contributed by atoms with van der Waals surface area (Å²) in [5.74, 6) is 0.257. The first-order valence-corrected chi connectivity index (χ1v) is 7.36. The van der Waals surface area contributed by atoms with Crippen LogP contribution in [0, 0.1) is 5.41 Å². The molecule has 0 aromatic heterocycles. The van der Waals surface area contributed by atoms with E-state index < -0.39 is 11.4 Å². The minimum absolute atomic E-state index is 0.0986. The molecule has 2 aromatic rings. The molecule has 21 heavy (non-hydrogen) atoms. The topological polar surface area (TPSA) is 46.5 Å². The van der Waals surface area contributed by atoms with E-state index in [-0.39, 0.29) is 5.92 Å². The van der Waals surface area contributed by atoms with E-state index in [1.165, 1.54) is 0 Å². The van der Waals surface area contributed by atoms with E-state index in [1.807, 2.05) is 25.1 Å². The molecule has 1 fully saturated rings. The van der Waals surface area contributed by atoms with Crippen molar-refractivity contribution in [2.45, 2.75) is 32.1 Å². The lowest BCUT2D eigenvalue weighted by molar-refractivity contribution is -0.148. The second-order valence-electron chi connectivity index (χ2n) is 6.14. The third-order valence-corrected chi connectivity index (χ3v) is 4.92. The zero-order valence-electron chi connectivity index (χ0n) is 12.4. The van der Waals surface area contributed by atoms with Crippen molar-refractivity contribution in [2.75, 3.05) is 7.11 Å². The van der Waals surface area contributed by atoms with E-state index in [1.54, 1.807) is 7.11 Å². The first-order valence-electron chi connectivity index (χ1n) is 7.36. The average molecular weight is 284 g/mol. The smallest absolute Gasteiger partial charge is 0.309 e. The molecule has 1 aliphatic carbocycles. The Balaban J connectivity index is 2.03. The lowest BCUT2D eigenvalue weighted by Crippen LogP contribution is -2.30. The standard InChI is InChI=1S/C18H20O3/c1-18(17(19)20)9-3-4-16(18)14-6-5-13-11-15(21-2)8-7-12(13)10-14/h5-8,10-11,16H,3-4,9H2,1-2H3,(H,19,20)/t16-,18-/m0/s1. The third kappa shape index (κ3) is 2.27. The molecule has 3 nitrogen and oxygen atoms in total. The number of ether oxygens (including phenoxy) is 1. The fourth-order valence-corrected chi connectivity index (χ4v) is 3.54. The van der Waals surface area contributed by atoms with Gasteiger partial charge in [0.25, 0.3) is 0 Å². The van der Waals surface area contributed by atoms with Crippen molar-refractivity contribution in [3.63, 3.8) is 0 Å². The number of carboxylic acids is 1. The number of carbonyl (C=O) groups is 1. The number of hydrogen-bond donors (Lipinski definition) is 1. The van der Waals surface area contributed by atoms with Crippen molar-refractivity contribution < 1.29 is 14.6 Å². The molecule has 3 heteroatoms. The van der Waals surface area contributed by atoms with E-state index in [9.17, 15) is 9.90 Å². The van der Waals surface area contributed by atoms with Crippen LogP contribution in [0.15, 0.2) is 36.4 Å². The molecule has 1 saturated carbocycles. The predicted molar refractivity (Wildman–Crippen MR) is 82.8 cm³/mol. The van der Waals surface area contributed by atoms with Crippen molar-refractivity contribution in [1.29, 1.82) is 0 Å². The van der Waals surface area contributed by atoms with Crippen LogP contribution in [0.4, 0.5) is 0 Å².